The number of nitrogens with one attached hydrogen (secondary N) is 1. The Kier molecular flexibility index (Phi) is 6.41. The molecule has 134 valence electrons. The Morgan fingerprint density at radius 1 is 1.08 bits per heavy atom. The third kappa shape index (κ3) is 5.22. The number of para-hydroxylation sites is 1. The van der Waals surface area contributed by atoms with E-state index in [1.165, 1.54) is 19.2 Å². The zero-order valence-corrected chi connectivity index (χ0v) is 15.0. The minimum absolute atomic E-state index is 0.131. The van der Waals surface area contributed by atoms with E-state index in [0.717, 1.165) is 12.0 Å². The summed E-state index contributed by atoms with van der Waals surface area (Å²) in [7, 11) is -2.37. The van der Waals surface area contributed by atoms with E-state index in [9.17, 15) is 13.2 Å². The first kappa shape index (κ1) is 18.8. The van der Waals surface area contributed by atoms with Gasteiger partial charge in [0.05, 0.1) is 30.7 Å². The van der Waals surface area contributed by atoms with Crippen molar-refractivity contribution in [2.45, 2.75) is 24.7 Å². The Hall–Kier alpha value is -2.54. The van der Waals surface area contributed by atoms with Gasteiger partial charge in [-0.25, -0.2) is 8.42 Å². The van der Waals surface area contributed by atoms with Gasteiger partial charge in [0.1, 0.15) is 5.75 Å². The van der Waals surface area contributed by atoms with Crippen molar-refractivity contribution in [1.82, 2.24) is 0 Å². The van der Waals surface area contributed by atoms with Crippen molar-refractivity contribution in [2.75, 3.05) is 18.4 Å². The maximum Gasteiger partial charge on any atom is 0.308 e. The van der Waals surface area contributed by atoms with E-state index in [4.69, 9.17) is 4.74 Å². The molecule has 6 nitrogen and oxygen atoms in total. The van der Waals surface area contributed by atoms with Crippen LogP contribution < -0.4 is 9.46 Å². The molecule has 0 aliphatic heterocycles. The van der Waals surface area contributed by atoms with Crippen LogP contribution in [0.3, 0.4) is 0 Å². The standard InChI is InChI=1S/C18H21NO5S/c1-3-14-6-4-5-7-17(14)19-25(21,22)16-10-8-15(9-11-16)24-13-12-18(20)23-2/h4-11,19H,3,12-13H2,1-2H3. The van der Waals surface area contributed by atoms with E-state index >= 15 is 0 Å². The molecule has 0 atom stereocenters. The minimum atomic E-state index is -3.68. The van der Waals surface area contributed by atoms with E-state index in [0.29, 0.717) is 11.4 Å². The molecule has 0 heterocycles. The lowest BCUT2D eigenvalue weighted by molar-refractivity contribution is -0.141. The van der Waals surface area contributed by atoms with Gasteiger partial charge < -0.3 is 9.47 Å². The topological polar surface area (TPSA) is 81.7 Å². The number of hydrogen-bond acceptors (Lipinski definition) is 5. The SMILES string of the molecule is CCc1ccccc1NS(=O)(=O)c1ccc(OCCC(=O)OC)cc1. The summed E-state index contributed by atoms with van der Waals surface area (Å²) in [5.41, 5.74) is 1.50. The molecule has 7 heteroatoms. The van der Waals surface area contributed by atoms with E-state index in [2.05, 4.69) is 9.46 Å². The molecule has 0 spiro atoms. The number of rotatable bonds is 8. The molecule has 0 amide bonds. The fourth-order valence-corrected chi connectivity index (χ4v) is 3.30. The third-order valence-electron chi connectivity index (χ3n) is 3.58. The summed E-state index contributed by atoms with van der Waals surface area (Å²) in [6.45, 7) is 2.13. The van der Waals surface area contributed by atoms with E-state index in [1.807, 2.05) is 19.1 Å². The van der Waals surface area contributed by atoms with Gasteiger partial charge in [-0.1, -0.05) is 25.1 Å². The Bertz CT molecular complexity index is 816. The van der Waals surface area contributed by atoms with Crippen molar-refractivity contribution in [3.8, 4) is 5.75 Å². The second-order valence-corrected chi connectivity index (χ2v) is 6.94. The number of methoxy groups -OCH3 is 1. The summed E-state index contributed by atoms with van der Waals surface area (Å²) in [5, 5.41) is 0. The molecule has 0 radical (unpaired) electrons. The van der Waals surface area contributed by atoms with Crippen molar-refractivity contribution in [3.63, 3.8) is 0 Å². The molecule has 2 aromatic carbocycles. The lowest BCUT2D eigenvalue weighted by atomic mass is 10.1. The van der Waals surface area contributed by atoms with Crippen LogP contribution in [0.15, 0.2) is 53.4 Å². The van der Waals surface area contributed by atoms with Crippen LogP contribution >= 0.6 is 0 Å². The van der Waals surface area contributed by atoms with Crippen LogP contribution in [0.5, 0.6) is 5.75 Å². The number of benzene rings is 2. The molecule has 2 rings (SSSR count). The number of hydrogen-bond donors (Lipinski definition) is 1. The largest absolute Gasteiger partial charge is 0.493 e. The lowest BCUT2D eigenvalue weighted by Gasteiger charge is -2.12. The number of anilines is 1. The van der Waals surface area contributed by atoms with Gasteiger partial charge in [-0.05, 0) is 42.3 Å². The van der Waals surface area contributed by atoms with Crippen LogP contribution in [0.2, 0.25) is 0 Å². The predicted molar refractivity (Wildman–Crippen MR) is 95.2 cm³/mol. The predicted octanol–water partition coefficient (Wildman–Crippen LogP) is 2.99. The van der Waals surface area contributed by atoms with Gasteiger partial charge >= 0.3 is 5.97 Å². The average Bonchev–Trinajstić information content (AvgIpc) is 2.62. The first-order valence-corrected chi connectivity index (χ1v) is 9.35. The van der Waals surface area contributed by atoms with Crippen molar-refractivity contribution in [3.05, 3.63) is 54.1 Å². The summed E-state index contributed by atoms with van der Waals surface area (Å²) in [6, 6.07) is 13.3. The van der Waals surface area contributed by atoms with Crippen LogP contribution in [0.25, 0.3) is 0 Å². The molecule has 0 aromatic heterocycles. The van der Waals surface area contributed by atoms with Gasteiger partial charge in [0, 0.05) is 0 Å². The number of ether oxygens (including phenoxy) is 2. The van der Waals surface area contributed by atoms with Crippen molar-refractivity contribution < 1.29 is 22.7 Å². The summed E-state index contributed by atoms with van der Waals surface area (Å²) in [6.07, 6.45) is 0.859. The van der Waals surface area contributed by atoms with Crippen LogP contribution in [-0.4, -0.2) is 28.1 Å². The Labute approximate surface area is 147 Å². The summed E-state index contributed by atoms with van der Waals surface area (Å²) in [4.78, 5) is 11.2. The quantitative estimate of drug-likeness (QED) is 0.729. The second-order valence-electron chi connectivity index (χ2n) is 5.26. The first-order valence-electron chi connectivity index (χ1n) is 7.86. The van der Waals surface area contributed by atoms with Crippen molar-refractivity contribution >= 4 is 21.7 Å². The smallest absolute Gasteiger partial charge is 0.308 e. The van der Waals surface area contributed by atoms with Crippen LogP contribution in [-0.2, 0) is 26.0 Å². The molecule has 1 N–H and O–H groups in total. The van der Waals surface area contributed by atoms with Gasteiger partial charge in [0.25, 0.3) is 10.0 Å². The molecule has 25 heavy (non-hydrogen) atoms. The van der Waals surface area contributed by atoms with Gasteiger partial charge in [-0.15, -0.1) is 0 Å². The van der Waals surface area contributed by atoms with E-state index in [1.54, 1.807) is 24.3 Å². The Morgan fingerprint density at radius 2 is 1.76 bits per heavy atom. The zero-order valence-electron chi connectivity index (χ0n) is 14.2. The average molecular weight is 363 g/mol. The van der Waals surface area contributed by atoms with Crippen LogP contribution in [0.4, 0.5) is 5.69 Å². The van der Waals surface area contributed by atoms with Crippen LogP contribution in [0, 0.1) is 0 Å². The molecule has 0 saturated carbocycles. The number of aryl methyl sites for hydroxylation is 1. The molecule has 0 aliphatic carbocycles. The molecular formula is C18H21NO5S. The molecule has 0 bridgehead atoms. The molecule has 0 fully saturated rings. The highest BCUT2D eigenvalue weighted by Gasteiger charge is 2.15. The normalized spacial score (nSPS) is 11.0. The number of esters is 1. The lowest BCUT2D eigenvalue weighted by Crippen LogP contribution is -2.14. The maximum absolute atomic E-state index is 12.5. The first-order chi connectivity index (χ1) is 12.0. The minimum Gasteiger partial charge on any atom is -0.493 e. The second kappa shape index (κ2) is 8.53. The summed E-state index contributed by atoms with van der Waals surface area (Å²) >= 11 is 0. The fraction of sp³-hybridized carbons (Fsp3) is 0.278. The highest BCUT2D eigenvalue weighted by atomic mass is 32.2. The third-order valence-corrected chi connectivity index (χ3v) is 4.96. The van der Waals surface area contributed by atoms with E-state index < -0.39 is 10.0 Å². The molecule has 0 saturated heterocycles. The number of sulfonamides is 1. The molecular weight excluding hydrogens is 342 g/mol. The number of carbonyl (C=O) groups excluding carboxylic acids is 1. The van der Waals surface area contributed by atoms with Gasteiger partial charge in [-0.3, -0.25) is 9.52 Å². The van der Waals surface area contributed by atoms with Crippen molar-refractivity contribution in [1.29, 1.82) is 0 Å². The Morgan fingerprint density at radius 3 is 2.40 bits per heavy atom. The monoisotopic (exact) mass is 363 g/mol. The summed E-state index contributed by atoms with van der Waals surface area (Å²) in [5.74, 6) is 0.120. The molecule has 0 aliphatic rings. The van der Waals surface area contributed by atoms with Gasteiger partial charge in [-0.2, -0.15) is 0 Å². The molecule has 0 unspecified atom stereocenters. The summed E-state index contributed by atoms with van der Waals surface area (Å²) < 4.78 is 37.5. The van der Waals surface area contributed by atoms with Crippen LogP contribution in [0.1, 0.15) is 18.9 Å². The van der Waals surface area contributed by atoms with Crippen molar-refractivity contribution in [2.24, 2.45) is 0 Å². The number of carbonyl (C=O) groups is 1. The van der Waals surface area contributed by atoms with Gasteiger partial charge in [0.2, 0.25) is 0 Å². The fourth-order valence-electron chi connectivity index (χ4n) is 2.20. The van der Waals surface area contributed by atoms with Gasteiger partial charge in [0.15, 0.2) is 0 Å². The van der Waals surface area contributed by atoms with E-state index in [-0.39, 0.29) is 23.9 Å². The highest BCUT2D eigenvalue weighted by molar-refractivity contribution is 7.92. The Balaban J connectivity index is 2.06. The molecule has 2 aromatic rings. The zero-order chi connectivity index (χ0) is 18.3. The maximum atomic E-state index is 12.5. The highest BCUT2D eigenvalue weighted by Crippen LogP contribution is 2.22.